The van der Waals surface area contributed by atoms with Crippen LogP contribution < -0.4 is 4.90 Å². The first kappa shape index (κ1) is 16.0. The van der Waals surface area contributed by atoms with E-state index >= 15 is 0 Å². The standard InChI is InChI=1S/C19H24N2O2S/c1-13(2)21-16-10-6-5-9-15(16)19(18(21)23)20(11-12-24-19)17(22)14-7-3-4-8-14/h5-6,9-10,13-14H,3-4,7-8,11-12H2,1-2H3. The molecule has 2 heterocycles. The van der Waals surface area contributed by atoms with Crippen molar-refractivity contribution >= 4 is 29.3 Å². The monoisotopic (exact) mass is 344 g/mol. The molecule has 0 radical (unpaired) electrons. The maximum Gasteiger partial charge on any atom is 0.268 e. The molecule has 1 aromatic rings. The van der Waals surface area contributed by atoms with Crippen molar-refractivity contribution in [3.63, 3.8) is 0 Å². The van der Waals surface area contributed by atoms with E-state index in [9.17, 15) is 9.59 Å². The minimum atomic E-state index is -0.833. The van der Waals surface area contributed by atoms with Gasteiger partial charge in [-0.05, 0) is 32.8 Å². The van der Waals surface area contributed by atoms with Gasteiger partial charge in [0, 0.05) is 29.8 Å². The summed E-state index contributed by atoms with van der Waals surface area (Å²) in [5, 5.41) is 0. The van der Waals surface area contributed by atoms with E-state index in [1.807, 2.05) is 47.9 Å². The SMILES string of the molecule is CC(C)N1C(=O)C2(SCCN2C(=O)C2CCCC2)c2ccccc21. The number of benzene rings is 1. The summed E-state index contributed by atoms with van der Waals surface area (Å²) in [6, 6.07) is 8.09. The molecule has 4 nitrogen and oxygen atoms in total. The van der Waals surface area contributed by atoms with Crippen molar-refractivity contribution in [2.24, 2.45) is 5.92 Å². The summed E-state index contributed by atoms with van der Waals surface area (Å²) >= 11 is 1.63. The average Bonchev–Trinajstić information content (AvgIpc) is 3.28. The number of hydrogen-bond acceptors (Lipinski definition) is 3. The zero-order chi connectivity index (χ0) is 16.9. The number of carbonyl (C=O) groups is 2. The summed E-state index contributed by atoms with van der Waals surface area (Å²) in [5.74, 6) is 1.18. The number of rotatable bonds is 2. The van der Waals surface area contributed by atoms with Crippen molar-refractivity contribution in [2.45, 2.75) is 50.4 Å². The summed E-state index contributed by atoms with van der Waals surface area (Å²) in [5.41, 5.74) is 1.97. The van der Waals surface area contributed by atoms with Crippen LogP contribution in [0.1, 0.15) is 45.1 Å². The van der Waals surface area contributed by atoms with E-state index in [0.717, 1.165) is 42.7 Å². The number of hydrogen-bond donors (Lipinski definition) is 0. The number of thioether (sulfide) groups is 1. The lowest BCUT2D eigenvalue weighted by molar-refractivity contribution is -0.143. The minimum absolute atomic E-state index is 0.0625. The van der Waals surface area contributed by atoms with Crippen molar-refractivity contribution in [1.82, 2.24) is 4.90 Å². The Bertz CT molecular complexity index is 684. The second-order valence-electron chi connectivity index (χ2n) is 7.25. The molecule has 5 heteroatoms. The van der Waals surface area contributed by atoms with Gasteiger partial charge in [0.2, 0.25) is 5.91 Å². The maximum absolute atomic E-state index is 13.5. The van der Waals surface area contributed by atoms with E-state index in [0.29, 0.717) is 6.54 Å². The molecule has 2 amide bonds. The molecule has 1 spiro atoms. The van der Waals surface area contributed by atoms with E-state index < -0.39 is 4.87 Å². The third-order valence-electron chi connectivity index (χ3n) is 5.53. The van der Waals surface area contributed by atoms with E-state index in [2.05, 4.69) is 0 Å². The van der Waals surface area contributed by atoms with E-state index in [-0.39, 0.29) is 23.8 Å². The van der Waals surface area contributed by atoms with Gasteiger partial charge in [-0.15, -0.1) is 11.8 Å². The Kier molecular flexibility index (Phi) is 3.87. The molecule has 1 saturated heterocycles. The fourth-order valence-electron chi connectivity index (χ4n) is 4.45. The molecule has 1 saturated carbocycles. The summed E-state index contributed by atoms with van der Waals surface area (Å²) in [7, 11) is 0. The molecule has 24 heavy (non-hydrogen) atoms. The van der Waals surface area contributed by atoms with Crippen LogP contribution in [0.25, 0.3) is 0 Å². The van der Waals surface area contributed by atoms with Crippen molar-refractivity contribution in [1.29, 1.82) is 0 Å². The largest absolute Gasteiger partial charge is 0.315 e. The highest BCUT2D eigenvalue weighted by atomic mass is 32.2. The van der Waals surface area contributed by atoms with Crippen molar-refractivity contribution in [2.75, 3.05) is 17.2 Å². The quantitative estimate of drug-likeness (QED) is 0.826. The molecule has 0 bridgehead atoms. The minimum Gasteiger partial charge on any atom is -0.315 e. The first-order valence-electron chi connectivity index (χ1n) is 8.96. The van der Waals surface area contributed by atoms with Crippen LogP contribution in [-0.2, 0) is 14.5 Å². The second kappa shape index (κ2) is 5.80. The molecule has 128 valence electrons. The number of para-hydroxylation sites is 1. The lowest BCUT2D eigenvalue weighted by Crippen LogP contribution is -2.52. The fraction of sp³-hybridized carbons (Fsp3) is 0.579. The van der Waals surface area contributed by atoms with Crippen molar-refractivity contribution in [3.05, 3.63) is 29.8 Å². The Morgan fingerprint density at radius 2 is 1.96 bits per heavy atom. The highest BCUT2D eigenvalue weighted by molar-refractivity contribution is 8.01. The summed E-state index contributed by atoms with van der Waals surface area (Å²) in [6.07, 6.45) is 4.21. The fourth-order valence-corrected chi connectivity index (χ4v) is 5.91. The molecule has 1 aliphatic carbocycles. The summed E-state index contributed by atoms with van der Waals surface area (Å²) in [4.78, 5) is 29.6. The third kappa shape index (κ3) is 2.06. The molecule has 2 fully saturated rings. The Balaban J connectivity index is 1.80. The van der Waals surface area contributed by atoms with Crippen LogP contribution in [0.5, 0.6) is 0 Å². The summed E-state index contributed by atoms with van der Waals surface area (Å²) < 4.78 is 0. The lowest BCUT2D eigenvalue weighted by atomic mass is 10.0. The van der Waals surface area contributed by atoms with Crippen LogP contribution in [0, 0.1) is 5.92 Å². The van der Waals surface area contributed by atoms with Gasteiger partial charge in [-0.25, -0.2) is 0 Å². The van der Waals surface area contributed by atoms with Crippen LogP contribution in [0.2, 0.25) is 0 Å². The molecule has 1 atom stereocenters. The second-order valence-corrected chi connectivity index (χ2v) is 8.54. The number of amides is 2. The molecule has 4 rings (SSSR count). The molecule has 3 aliphatic rings. The smallest absolute Gasteiger partial charge is 0.268 e. The number of anilines is 1. The molecular weight excluding hydrogens is 320 g/mol. The molecule has 0 aromatic heterocycles. The van der Waals surface area contributed by atoms with Crippen LogP contribution in [0.3, 0.4) is 0 Å². The molecular formula is C19H24N2O2S. The molecule has 1 aromatic carbocycles. The van der Waals surface area contributed by atoms with Crippen LogP contribution in [-0.4, -0.2) is 35.1 Å². The predicted molar refractivity (Wildman–Crippen MR) is 96.9 cm³/mol. The van der Waals surface area contributed by atoms with Gasteiger partial charge in [-0.3, -0.25) is 9.59 Å². The van der Waals surface area contributed by atoms with E-state index in [4.69, 9.17) is 0 Å². The van der Waals surface area contributed by atoms with Gasteiger partial charge < -0.3 is 9.80 Å². The van der Waals surface area contributed by atoms with Gasteiger partial charge in [0.1, 0.15) is 0 Å². The van der Waals surface area contributed by atoms with Crippen LogP contribution >= 0.6 is 11.8 Å². The van der Waals surface area contributed by atoms with Gasteiger partial charge in [0.15, 0.2) is 4.87 Å². The van der Waals surface area contributed by atoms with E-state index in [1.54, 1.807) is 11.8 Å². The third-order valence-corrected chi connectivity index (χ3v) is 6.95. The van der Waals surface area contributed by atoms with E-state index in [1.165, 1.54) is 0 Å². The zero-order valence-electron chi connectivity index (χ0n) is 14.3. The van der Waals surface area contributed by atoms with Gasteiger partial charge in [-0.1, -0.05) is 31.0 Å². The summed E-state index contributed by atoms with van der Waals surface area (Å²) in [6.45, 7) is 4.75. The first-order valence-corrected chi connectivity index (χ1v) is 9.94. The average molecular weight is 344 g/mol. The normalized spacial score (nSPS) is 26.9. The Hall–Kier alpha value is -1.49. The molecule has 0 N–H and O–H groups in total. The molecule has 1 unspecified atom stereocenters. The zero-order valence-corrected chi connectivity index (χ0v) is 15.1. The molecule has 2 aliphatic heterocycles. The topological polar surface area (TPSA) is 40.6 Å². The number of carbonyl (C=O) groups excluding carboxylic acids is 2. The van der Waals surface area contributed by atoms with Crippen molar-refractivity contribution in [3.8, 4) is 0 Å². The lowest BCUT2D eigenvalue weighted by Gasteiger charge is -2.35. The first-order chi connectivity index (χ1) is 11.6. The Morgan fingerprint density at radius 1 is 1.25 bits per heavy atom. The Morgan fingerprint density at radius 3 is 2.67 bits per heavy atom. The Labute approximate surface area is 147 Å². The van der Waals surface area contributed by atoms with Gasteiger partial charge in [0.25, 0.3) is 5.91 Å². The van der Waals surface area contributed by atoms with Crippen molar-refractivity contribution < 1.29 is 9.59 Å². The van der Waals surface area contributed by atoms with Gasteiger partial charge >= 0.3 is 0 Å². The highest BCUT2D eigenvalue weighted by Gasteiger charge is 2.60. The predicted octanol–water partition coefficient (Wildman–Crippen LogP) is 3.36. The maximum atomic E-state index is 13.5. The number of nitrogens with zero attached hydrogens (tertiary/aromatic N) is 2. The van der Waals surface area contributed by atoms with Crippen LogP contribution in [0.4, 0.5) is 5.69 Å². The van der Waals surface area contributed by atoms with Gasteiger partial charge in [-0.2, -0.15) is 0 Å². The van der Waals surface area contributed by atoms with Crippen LogP contribution in [0.15, 0.2) is 24.3 Å². The number of fused-ring (bicyclic) bond motifs is 2. The highest BCUT2D eigenvalue weighted by Crippen LogP contribution is 2.55. The van der Waals surface area contributed by atoms with Gasteiger partial charge in [0.05, 0.1) is 5.69 Å².